The zero-order valence-corrected chi connectivity index (χ0v) is 22.5. The third kappa shape index (κ3) is 5.18. The average molecular weight is 543 g/mol. The second-order valence-corrected chi connectivity index (χ2v) is 11.3. The summed E-state index contributed by atoms with van der Waals surface area (Å²) in [5.74, 6) is 0.0603. The van der Waals surface area contributed by atoms with E-state index in [1.54, 1.807) is 18.2 Å². The van der Waals surface area contributed by atoms with Crippen LogP contribution < -0.4 is 0 Å². The summed E-state index contributed by atoms with van der Waals surface area (Å²) in [6.45, 7) is 5.21. The Labute approximate surface area is 226 Å². The van der Waals surface area contributed by atoms with Crippen LogP contribution >= 0.6 is 34.5 Å². The van der Waals surface area contributed by atoms with Crippen molar-refractivity contribution in [2.24, 2.45) is 0 Å². The highest BCUT2D eigenvalue weighted by molar-refractivity contribution is 7.10. The SMILES string of the molecule is CC1CN(C(=O)CCN2CCc3sccc3C2c2ccccc2)CCN1C(=O)c1ccc(Cl)c(Cl)c1. The molecule has 8 heteroatoms. The van der Waals surface area contributed by atoms with Gasteiger partial charge in [0, 0.05) is 55.6 Å². The van der Waals surface area contributed by atoms with E-state index in [2.05, 4.69) is 40.6 Å². The van der Waals surface area contributed by atoms with Gasteiger partial charge in [-0.25, -0.2) is 0 Å². The van der Waals surface area contributed by atoms with Crippen LogP contribution in [0.1, 0.15) is 45.7 Å². The molecule has 2 aliphatic rings. The Morgan fingerprint density at radius 3 is 2.56 bits per heavy atom. The van der Waals surface area contributed by atoms with Gasteiger partial charge in [0.05, 0.1) is 16.1 Å². The van der Waals surface area contributed by atoms with Crippen molar-refractivity contribution in [2.75, 3.05) is 32.7 Å². The van der Waals surface area contributed by atoms with Gasteiger partial charge in [-0.2, -0.15) is 0 Å². The van der Waals surface area contributed by atoms with Crippen molar-refractivity contribution in [3.63, 3.8) is 0 Å². The number of carbonyl (C=O) groups is 2. The Balaban J connectivity index is 1.21. The molecule has 5 nitrogen and oxygen atoms in total. The van der Waals surface area contributed by atoms with Crippen molar-refractivity contribution in [1.82, 2.24) is 14.7 Å². The molecule has 2 unspecified atom stereocenters. The smallest absolute Gasteiger partial charge is 0.254 e. The fraction of sp³-hybridized carbons (Fsp3) is 0.357. The quantitative estimate of drug-likeness (QED) is 0.412. The van der Waals surface area contributed by atoms with E-state index >= 15 is 0 Å². The van der Waals surface area contributed by atoms with E-state index in [4.69, 9.17) is 23.2 Å². The van der Waals surface area contributed by atoms with Crippen molar-refractivity contribution < 1.29 is 9.59 Å². The number of piperazine rings is 1. The van der Waals surface area contributed by atoms with Crippen LogP contribution in [0.25, 0.3) is 0 Å². The van der Waals surface area contributed by atoms with E-state index in [1.807, 2.05) is 34.1 Å². The number of carbonyl (C=O) groups excluding carboxylic acids is 2. The summed E-state index contributed by atoms with van der Waals surface area (Å²) in [7, 11) is 0. The number of halogens is 2. The van der Waals surface area contributed by atoms with Gasteiger partial charge in [0.2, 0.25) is 5.91 Å². The predicted octanol–water partition coefficient (Wildman–Crippen LogP) is 5.77. The number of benzene rings is 2. The number of hydrogen-bond acceptors (Lipinski definition) is 4. The maximum absolute atomic E-state index is 13.2. The number of nitrogens with zero attached hydrogens (tertiary/aromatic N) is 3. The van der Waals surface area contributed by atoms with E-state index in [-0.39, 0.29) is 23.9 Å². The summed E-state index contributed by atoms with van der Waals surface area (Å²) < 4.78 is 0. The Hall–Kier alpha value is -2.38. The summed E-state index contributed by atoms with van der Waals surface area (Å²) in [5.41, 5.74) is 3.15. The molecule has 2 amide bonds. The number of hydrogen-bond donors (Lipinski definition) is 0. The van der Waals surface area contributed by atoms with Crippen LogP contribution in [0.5, 0.6) is 0 Å². The van der Waals surface area contributed by atoms with Crippen LogP contribution in [0.4, 0.5) is 0 Å². The fourth-order valence-corrected chi connectivity index (χ4v) is 6.52. The van der Waals surface area contributed by atoms with Gasteiger partial charge < -0.3 is 9.80 Å². The van der Waals surface area contributed by atoms with Crippen LogP contribution in [-0.2, 0) is 11.2 Å². The van der Waals surface area contributed by atoms with Gasteiger partial charge in [-0.3, -0.25) is 14.5 Å². The van der Waals surface area contributed by atoms with Gasteiger partial charge in [-0.1, -0.05) is 53.5 Å². The van der Waals surface area contributed by atoms with Crippen molar-refractivity contribution in [3.05, 3.63) is 91.6 Å². The Morgan fingerprint density at radius 2 is 1.81 bits per heavy atom. The summed E-state index contributed by atoms with van der Waals surface area (Å²) >= 11 is 13.9. The zero-order chi connectivity index (χ0) is 25.2. The third-order valence-electron chi connectivity index (χ3n) is 7.20. The first-order chi connectivity index (χ1) is 17.4. The van der Waals surface area contributed by atoms with Crippen LogP contribution in [0.15, 0.2) is 60.0 Å². The molecule has 2 atom stereocenters. The molecule has 1 aromatic heterocycles. The predicted molar refractivity (Wildman–Crippen MR) is 146 cm³/mol. The molecule has 3 heterocycles. The number of thiophene rings is 1. The van der Waals surface area contributed by atoms with Gasteiger partial charge in [0.15, 0.2) is 0 Å². The molecule has 5 rings (SSSR count). The van der Waals surface area contributed by atoms with Crippen LogP contribution in [0.2, 0.25) is 10.0 Å². The second-order valence-electron chi connectivity index (χ2n) is 9.46. The lowest BCUT2D eigenvalue weighted by Gasteiger charge is -2.41. The second kappa shape index (κ2) is 10.9. The topological polar surface area (TPSA) is 43.9 Å². The molecule has 0 saturated carbocycles. The molecule has 3 aromatic rings. The van der Waals surface area contributed by atoms with Crippen molar-refractivity contribution in [2.45, 2.75) is 31.8 Å². The van der Waals surface area contributed by atoms with Crippen molar-refractivity contribution in [1.29, 1.82) is 0 Å². The van der Waals surface area contributed by atoms with Gasteiger partial charge in [0.1, 0.15) is 0 Å². The first-order valence-electron chi connectivity index (χ1n) is 12.3. The van der Waals surface area contributed by atoms with Gasteiger partial charge in [0.25, 0.3) is 5.91 Å². The largest absolute Gasteiger partial charge is 0.339 e. The highest BCUT2D eigenvalue weighted by Crippen LogP contribution is 2.37. The molecule has 36 heavy (non-hydrogen) atoms. The van der Waals surface area contributed by atoms with Crippen LogP contribution in [0, 0.1) is 0 Å². The van der Waals surface area contributed by atoms with Crippen LogP contribution in [-0.4, -0.2) is 65.3 Å². The lowest BCUT2D eigenvalue weighted by Crippen LogP contribution is -2.55. The zero-order valence-electron chi connectivity index (χ0n) is 20.2. The number of fused-ring (bicyclic) bond motifs is 1. The Kier molecular flexibility index (Phi) is 7.68. The standard InChI is InChI=1S/C28H29Cl2N3O2S/c1-19-18-32(14-15-33(19)28(35)21-7-8-23(29)24(30)17-21)26(34)10-13-31-12-9-25-22(11-16-36-25)27(31)20-5-3-2-4-6-20/h2-8,11,16-17,19,27H,9-10,12-15,18H2,1H3. The fourth-order valence-electron chi connectivity index (χ4n) is 5.31. The minimum Gasteiger partial charge on any atom is -0.339 e. The summed E-state index contributed by atoms with van der Waals surface area (Å²) in [6, 6.07) is 17.9. The number of rotatable bonds is 5. The first-order valence-corrected chi connectivity index (χ1v) is 13.9. The Morgan fingerprint density at radius 1 is 1.00 bits per heavy atom. The number of amides is 2. The molecule has 1 fully saturated rings. The van der Waals surface area contributed by atoms with E-state index in [9.17, 15) is 9.59 Å². The summed E-state index contributed by atoms with van der Waals surface area (Å²) in [5, 5.41) is 2.97. The van der Waals surface area contributed by atoms with Crippen molar-refractivity contribution >= 4 is 46.4 Å². The lowest BCUT2D eigenvalue weighted by atomic mass is 9.93. The monoisotopic (exact) mass is 541 g/mol. The first kappa shape index (κ1) is 25.3. The van der Waals surface area contributed by atoms with Gasteiger partial charge in [-0.05, 0) is 54.1 Å². The molecule has 0 spiro atoms. The summed E-state index contributed by atoms with van der Waals surface area (Å²) in [4.78, 5) is 33.9. The summed E-state index contributed by atoms with van der Waals surface area (Å²) in [6.07, 6.45) is 1.49. The third-order valence-corrected chi connectivity index (χ3v) is 8.94. The molecule has 0 bridgehead atoms. The van der Waals surface area contributed by atoms with E-state index in [0.717, 1.165) is 13.0 Å². The molecular weight excluding hydrogens is 513 g/mol. The molecule has 0 N–H and O–H groups in total. The van der Waals surface area contributed by atoms with E-state index < -0.39 is 0 Å². The lowest BCUT2D eigenvalue weighted by molar-refractivity contribution is -0.134. The molecule has 188 valence electrons. The highest BCUT2D eigenvalue weighted by Gasteiger charge is 2.33. The molecule has 2 aliphatic heterocycles. The van der Waals surface area contributed by atoms with E-state index in [0.29, 0.717) is 48.2 Å². The molecule has 1 saturated heterocycles. The average Bonchev–Trinajstić information content (AvgIpc) is 3.37. The molecule has 2 aromatic carbocycles. The van der Waals surface area contributed by atoms with E-state index in [1.165, 1.54) is 16.0 Å². The minimum atomic E-state index is -0.0845. The maximum atomic E-state index is 13.2. The Bertz CT molecular complexity index is 1250. The molecule has 0 aliphatic carbocycles. The van der Waals surface area contributed by atoms with Gasteiger partial charge >= 0.3 is 0 Å². The normalized spacial score (nSPS) is 20.3. The van der Waals surface area contributed by atoms with Gasteiger partial charge in [-0.15, -0.1) is 11.3 Å². The van der Waals surface area contributed by atoms with Crippen LogP contribution in [0.3, 0.4) is 0 Å². The minimum absolute atomic E-state index is 0.0786. The van der Waals surface area contributed by atoms with Crippen molar-refractivity contribution in [3.8, 4) is 0 Å². The molecular formula is C28H29Cl2N3O2S. The maximum Gasteiger partial charge on any atom is 0.254 e. The highest BCUT2D eigenvalue weighted by atomic mass is 35.5. The molecule has 0 radical (unpaired) electrons.